The van der Waals surface area contributed by atoms with Gasteiger partial charge in [0, 0.05) is 6.54 Å². The third-order valence-electron chi connectivity index (χ3n) is 17.0. The molecule has 2 fully saturated rings. The Hall–Kier alpha value is -1.58. The second-order valence-electron chi connectivity index (χ2n) is 21.9. The number of hydrogen-bond donors (Lipinski definition) is 15. The Balaban J connectivity index is 2.28. The predicted octanol–water partition coefficient (Wildman–Crippen LogP) is -1.92. The van der Waals surface area contributed by atoms with E-state index in [2.05, 4.69) is 16.0 Å². The molecule has 0 spiro atoms. The van der Waals surface area contributed by atoms with Gasteiger partial charge in [0.25, 0.3) is 0 Å². The van der Waals surface area contributed by atoms with Gasteiger partial charge in [0.15, 0.2) is 17.4 Å². The van der Waals surface area contributed by atoms with Crippen LogP contribution in [0.3, 0.4) is 0 Å². The highest BCUT2D eigenvalue weighted by Gasteiger charge is 2.78. The number of rotatable bonds is 25. The summed E-state index contributed by atoms with van der Waals surface area (Å²) in [6.07, 6.45) is 3.47. The summed E-state index contributed by atoms with van der Waals surface area (Å²) >= 11 is 0. The Morgan fingerprint density at radius 1 is 0.627 bits per heavy atom. The van der Waals surface area contributed by atoms with Crippen LogP contribution in [0, 0.1) is 0 Å². The molecule has 0 radical (unpaired) electrons. The zero-order chi connectivity index (χ0) is 52.7. The van der Waals surface area contributed by atoms with E-state index in [1.54, 1.807) is 7.05 Å². The number of carbonyl (C=O) groups is 2. The summed E-state index contributed by atoms with van der Waals surface area (Å²) in [5.41, 5.74) is -22.9. The molecule has 2 rings (SSSR count). The number of aliphatic hydroxyl groups excluding tert-OH is 1. The SMILES string of the molecule is CNC(CCCCN)C(=O)NC(CCCCNCC(C)(O)[C@](C)(O)[C@](C)(O)C(C)(O)CO[C@@]1(C)OC(C)(CO[C@@]2(C)OC(C)(CO)[C@@](C)(O)[C@@](C)(O)C2(C)O)[C@@](C)(O)[C@@](C)(O)C1(C)O)C(C)=O. The van der Waals surface area contributed by atoms with Gasteiger partial charge in [-0.05, 0) is 156 Å². The van der Waals surface area contributed by atoms with Crippen LogP contribution >= 0.6 is 0 Å². The lowest BCUT2D eigenvalue weighted by Gasteiger charge is -2.67. The van der Waals surface area contributed by atoms with E-state index in [1.165, 1.54) is 48.5 Å². The summed E-state index contributed by atoms with van der Waals surface area (Å²) in [4.78, 5) is 25.2. The highest BCUT2D eigenvalue weighted by molar-refractivity contribution is 5.89. The average molecular weight is 971 g/mol. The average Bonchev–Trinajstić information content (AvgIpc) is 3.19. The first kappa shape index (κ1) is 61.5. The molecule has 2 saturated heterocycles. The predicted molar refractivity (Wildman–Crippen MR) is 246 cm³/mol. The van der Waals surface area contributed by atoms with Crippen molar-refractivity contribution in [1.29, 1.82) is 0 Å². The number of ketones is 1. The van der Waals surface area contributed by atoms with Crippen molar-refractivity contribution in [3.63, 3.8) is 0 Å². The molecule has 1 amide bonds. The maximum Gasteiger partial charge on any atom is 0.237 e. The molecule has 21 heteroatoms. The third-order valence-corrected chi connectivity index (χ3v) is 17.0. The van der Waals surface area contributed by atoms with Crippen LogP contribution in [0.15, 0.2) is 0 Å². The van der Waals surface area contributed by atoms with Crippen molar-refractivity contribution < 1.29 is 84.7 Å². The molecule has 8 unspecified atom stereocenters. The maximum absolute atomic E-state index is 12.8. The fourth-order valence-electron chi connectivity index (χ4n) is 9.21. The Bertz CT molecular complexity index is 1700. The van der Waals surface area contributed by atoms with Crippen molar-refractivity contribution >= 4 is 11.7 Å². The van der Waals surface area contributed by atoms with Crippen molar-refractivity contribution in [1.82, 2.24) is 16.0 Å². The van der Waals surface area contributed by atoms with Gasteiger partial charge in [0.05, 0.1) is 31.9 Å². The standard InChI is InChI=1S/C46H90N4O17/c1-29(52)30(50-32(53)31(48-16)22-17-19-23-47)21-18-20-24-49-25-33(2,54)37(6,56)38(7,57)34(3,55)27-64-45(14)44(13,63)42(11,61)40(9,59)36(5,67-45)28-65-46(15)43(12,62)41(10,60)39(8,58)35(4,26-51)66-46/h30-31,48-49,51,54-63H,17-28,47H2,1-16H3,(H,50,53)/t30?,31?,33?,34?,35?,36?,37-,38+,39+,40+,41+,42+,43?,44?,45-,46-/m0/s1. The van der Waals surface area contributed by atoms with Crippen LogP contribution in [-0.2, 0) is 28.5 Å². The number of aliphatic hydroxyl groups is 11. The van der Waals surface area contributed by atoms with Gasteiger partial charge in [0.1, 0.15) is 67.2 Å². The molecule has 67 heavy (non-hydrogen) atoms. The lowest BCUT2D eigenvalue weighted by Crippen LogP contribution is -2.86. The number of carbonyl (C=O) groups excluding carboxylic acids is 2. The number of likely N-dealkylation sites (N-methyl/N-ethyl adjacent to an activating group) is 1. The van der Waals surface area contributed by atoms with Crippen molar-refractivity contribution in [3.8, 4) is 0 Å². The molecule has 396 valence electrons. The summed E-state index contributed by atoms with van der Waals surface area (Å²) in [7, 11) is 1.67. The highest BCUT2D eigenvalue weighted by atomic mass is 16.8. The van der Waals surface area contributed by atoms with Crippen molar-refractivity contribution in [2.24, 2.45) is 5.73 Å². The molecule has 21 nitrogen and oxygen atoms in total. The minimum atomic E-state index is -2.61. The summed E-state index contributed by atoms with van der Waals surface area (Å²) in [5.74, 6) is -5.17. The summed E-state index contributed by atoms with van der Waals surface area (Å²) in [5, 5.41) is 138. The van der Waals surface area contributed by atoms with E-state index in [1.807, 2.05) is 0 Å². The van der Waals surface area contributed by atoms with Crippen molar-refractivity contribution in [2.75, 3.05) is 46.5 Å². The number of ether oxygens (including phenoxy) is 4. The van der Waals surface area contributed by atoms with Gasteiger partial charge in [0.2, 0.25) is 5.91 Å². The quantitative estimate of drug-likeness (QED) is 0.0444. The second kappa shape index (κ2) is 20.1. The van der Waals surface area contributed by atoms with Crippen LogP contribution < -0.4 is 21.7 Å². The van der Waals surface area contributed by atoms with Crippen LogP contribution in [0.1, 0.15) is 142 Å². The largest absolute Gasteiger partial charge is 0.393 e. The van der Waals surface area contributed by atoms with Crippen molar-refractivity contribution in [2.45, 2.75) is 233 Å². The van der Waals surface area contributed by atoms with E-state index in [0.29, 0.717) is 38.8 Å². The first-order valence-electron chi connectivity index (χ1n) is 23.3. The number of unbranched alkanes of at least 4 members (excludes halogenated alkanes) is 2. The van der Waals surface area contributed by atoms with Crippen LogP contribution in [0.2, 0.25) is 0 Å². The van der Waals surface area contributed by atoms with Gasteiger partial charge in [-0.25, -0.2) is 0 Å². The molecule has 2 heterocycles. The fourth-order valence-corrected chi connectivity index (χ4v) is 9.21. The van der Waals surface area contributed by atoms with Gasteiger partial charge < -0.3 is 96.8 Å². The number of amides is 1. The van der Waals surface area contributed by atoms with E-state index in [0.717, 1.165) is 68.2 Å². The smallest absolute Gasteiger partial charge is 0.237 e. The zero-order valence-corrected chi connectivity index (χ0v) is 43.1. The molecule has 0 aromatic heterocycles. The summed E-state index contributed by atoms with van der Waals surface area (Å²) < 4.78 is 24.7. The molecule has 0 saturated carbocycles. The van der Waals surface area contributed by atoms with E-state index < -0.39 is 111 Å². The highest BCUT2D eigenvalue weighted by Crippen LogP contribution is 2.57. The van der Waals surface area contributed by atoms with E-state index in [9.17, 15) is 65.8 Å². The maximum atomic E-state index is 12.8. The molecule has 16 N–H and O–H groups in total. The minimum Gasteiger partial charge on any atom is -0.393 e. The lowest BCUT2D eigenvalue weighted by molar-refractivity contribution is -0.485. The van der Waals surface area contributed by atoms with E-state index in [4.69, 9.17) is 24.7 Å². The Kier molecular flexibility index (Phi) is 18.5. The molecule has 0 bridgehead atoms. The first-order valence-corrected chi connectivity index (χ1v) is 23.3. The number of Topliss-reactive ketones (excluding diaryl/α,β-unsaturated/α-hetero) is 1. The van der Waals surface area contributed by atoms with Crippen LogP contribution in [0.25, 0.3) is 0 Å². The lowest BCUT2D eigenvalue weighted by atomic mass is 9.60. The van der Waals surface area contributed by atoms with Crippen LogP contribution in [0.4, 0.5) is 0 Å². The topological polar surface area (TPSA) is 356 Å². The molecule has 0 aromatic rings. The van der Waals surface area contributed by atoms with Gasteiger partial charge in [-0.2, -0.15) is 0 Å². The third kappa shape index (κ3) is 10.4. The van der Waals surface area contributed by atoms with Crippen LogP contribution in [0.5, 0.6) is 0 Å². The Morgan fingerprint density at radius 3 is 1.52 bits per heavy atom. The summed E-state index contributed by atoms with van der Waals surface area (Å²) in [6, 6.07) is -1.17. The van der Waals surface area contributed by atoms with Crippen LogP contribution in [-0.4, -0.2) is 205 Å². The molecule has 0 aliphatic carbocycles. The molecular formula is C46H90N4O17. The molecule has 0 aromatic carbocycles. The summed E-state index contributed by atoms with van der Waals surface area (Å²) in [6.45, 7) is 15.7. The first-order chi connectivity index (χ1) is 29.8. The van der Waals surface area contributed by atoms with Gasteiger partial charge in [-0.15, -0.1) is 0 Å². The Labute approximate surface area is 397 Å². The van der Waals surface area contributed by atoms with Gasteiger partial charge in [-0.1, -0.05) is 6.42 Å². The number of nitrogens with one attached hydrogen (secondary N) is 3. The minimum absolute atomic E-state index is 0.197. The van der Waals surface area contributed by atoms with Crippen molar-refractivity contribution in [3.05, 3.63) is 0 Å². The van der Waals surface area contributed by atoms with E-state index >= 15 is 0 Å². The van der Waals surface area contributed by atoms with Gasteiger partial charge >= 0.3 is 0 Å². The zero-order valence-electron chi connectivity index (χ0n) is 43.1. The normalized spacial score (nSPS) is 41.6. The van der Waals surface area contributed by atoms with Gasteiger partial charge in [-0.3, -0.25) is 9.59 Å². The number of nitrogens with two attached hydrogens (primary N) is 1. The monoisotopic (exact) mass is 971 g/mol. The number of hydrogen-bond acceptors (Lipinski definition) is 20. The van der Waals surface area contributed by atoms with E-state index in [-0.39, 0.29) is 18.2 Å². The molecular weight excluding hydrogens is 881 g/mol. The molecule has 16 atom stereocenters. The fraction of sp³-hybridized carbons (Fsp3) is 0.957. The molecule has 2 aliphatic rings. The molecule has 2 aliphatic heterocycles. The Morgan fingerprint density at radius 2 is 1.06 bits per heavy atom. The second-order valence-corrected chi connectivity index (χ2v) is 21.9.